The van der Waals surface area contributed by atoms with Gasteiger partial charge in [-0.05, 0) is 17.5 Å². The molecule has 1 unspecified atom stereocenters. The number of unbranched alkanes of at least 4 members (excludes halogenated alkanes) is 1. The van der Waals surface area contributed by atoms with Gasteiger partial charge in [0.05, 0.1) is 6.10 Å². The molecule has 2 heteroatoms. The van der Waals surface area contributed by atoms with Crippen molar-refractivity contribution in [3.05, 3.63) is 35.4 Å². The topological polar surface area (TPSA) is 46.2 Å². The molecular weight excluding hydrogens is 174 g/mol. The van der Waals surface area contributed by atoms with Crippen molar-refractivity contribution in [3.63, 3.8) is 0 Å². The Morgan fingerprint density at radius 2 is 2.21 bits per heavy atom. The number of aliphatic hydroxyl groups is 1. The Morgan fingerprint density at radius 3 is 2.86 bits per heavy atom. The van der Waals surface area contributed by atoms with E-state index >= 15 is 0 Å². The monoisotopic (exact) mass is 193 g/mol. The number of rotatable bonds is 5. The predicted molar refractivity (Wildman–Crippen MR) is 58.8 cm³/mol. The van der Waals surface area contributed by atoms with E-state index in [-0.39, 0.29) is 6.10 Å². The van der Waals surface area contributed by atoms with Crippen LogP contribution in [-0.4, -0.2) is 5.11 Å². The van der Waals surface area contributed by atoms with Crippen molar-refractivity contribution in [2.45, 2.75) is 38.8 Å². The maximum Gasteiger partial charge on any atom is 0.0790 e. The fourth-order valence-electron chi connectivity index (χ4n) is 1.49. The van der Waals surface area contributed by atoms with Crippen LogP contribution in [0.5, 0.6) is 0 Å². The first-order chi connectivity index (χ1) is 6.77. The second-order valence-corrected chi connectivity index (χ2v) is 3.61. The molecule has 3 N–H and O–H groups in total. The van der Waals surface area contributed by atoms with Crippen LogP contribution in [0.1, 0.15) is 43.4 Å². The van der Waals surface area contributed by atoms with E-state index in [4.69, 9.17) is 5.73 Å². The molecule has 0 bridgehead atoms. The van der Waals surface area contributed by atoms with Crippen LogP contribution in [0, 0.1) is 0 Å². The number of nitrogens with two attached hydrogens (primary N) is 1. The van der Waals surface area contributed by atoms with E-state index in [1.165, 1.54) is 0 Å². The summed E-state index contributed by atoms with van der Waals surface area (Å²) < 4.78 is 0. The van der Waals surface area contributed by atoms with Crippen molar-refractivity contribution in [2.75, 3.05) is 0 Å². The molecule has 1 rings (SSSR count). The molecule has 0 fully saturated rings. The van der Waals surface area contributed by atoms with Gasteiger partial charge >= 0.3 is 0 Å². The van der Waals surface area contributed by atoms with Gasteiger partial charge in [-0.15, -0.1) is 0 Å². The summed E-state index contributed by atoms with van der Waals surface area (Å²) in [6.07, 6.45) is 2.69. The van der Waals surface area contributed by atoms with Gasteiger partial charge in [-0.3, -0.25) is 0 Å². The highest BCUT2D eigenvalue weighted by Gasteiger charge is 2.06. The smallest absolute Gasteiger partial charge is 0.0790 e. The molecule has 1 atom stereocenters. The molecule has 1 aromatic rings. The summed E-state index contributed by atoms with van der Waals surface area (Å²) in [4.78, 5) is 0. The summed E-state index contributed by atoms with van der Waals surface area (Å²) in [5, 5.41) is 9.83. The molecular formula is C12H19NO. The van der Waals surface area contributed by atoms with Crippen molar-refractivity contribution < 1.29 is 5.11 Å². The minimum absolute atomic E-state index is 0.332. The molecule has 2 nitrogen and oxygen atoms in total. The van der Waals surface area contributed by atoms with Gasteiger partial charge in [-0.1, -0.05) is 44.0 Å². The van der Waals surface area contributed by atoms with Crippen LogP contribution < -0.4 is 5.73 Å². The molecule has 78 valence electrons. The van der Waals surface area contributed by atoms with Gasteiger partial charge in [0.1, 0.15) is 0 Å². The lowest BCUT2D eigenvalue weighted by Gasteiger charge is -2.11. The Bertz CT molecular complexity index is 273. The molecule has 0 heterocycles. The summed E-state index contributed by atoms with van der Waals surface area (Å²) >= 11 is 0. The highest BCUT2D eigenvalue weighted by Crippen LogP contribution is 2.19. The molecule has 0 aromatic heterocycles. The molecule has 0 saturated carbocycles. The first-order valence-corrected chi connectivity index (χ1v) is 5.25. The van der Waals surface area contributed by atoms with Crippen molar-refractivity contribution in [3.8, 4) is 0 Å². The first-order valence-electron chi connectivity index (χ1n) is 5.25. The molecule has 0 aliphatic heterocycles. The maximum absolute atomic E-state index is 9.83. The van der Waals surface area contributed by atoms with E-state index in [0.717, 1.165) is 30.4 Å². The van der Waals surface area contributed by atoms with Crippen LogP contribution >= 0.6 is 0 Å². The third kappa shape index (κ3) is 3.13. The highest BCUT2D eigenvalue weighted by atomic mass is 16.3. The lowest BCUT2D eigenvalue weighted by molar-refractivity contribution is 0.164. The predicted octanol–water partition coefficient (Wildman–Crippen LogP) is 2.37. The Labute approximate surface area is 85.8 Å². The number of hydrogen-bond acceptors (Lipinski definition) is 2. The lowest BCUT2D eigenvalue weighted by Crippen LogP contribution is -2.01. The maximum atomic E-state index is 9.83. The standard InChI is InChI=1S/C12H19NO/c1-2-3-7-12(14)11-6-4-5-10(8-11)9-13/h4-6,8,12,14H,2-3,7,9,13H2,1H3. The second-order valence-electron chi connectivity index (χ2n) is 3.61. The van der Waals surface area contributed by atoms with E-state index in [2.05, 4.69) is 6.92 Å². The molecule has 0 radical (unpaired) electrons. The van der Waals surface area contributed by atoms with Gasteiger partial charge in [0.15, 0.2) is 0 Å². The van der Waals surface area contributed by atoms with Gasteiger partial charge in [-0.2, -0.15) is 0 Å². The second kappa shape index (κ2) is 5.78. The number of benzene rings is 1. The largest absolute Gasteiger partial charge is 0.388 e. The third-order valence-corrected chi connectivity index (χ3v) is 2.40. The summed E-state index contributed by atoms with van der Waals surface area (Å²) in [7, 11) is 0. The van der Waals surface area contributed by atoms with E-state index < -0.39 is 0 Å². The van der Waals surface area contributed by atoms with Crippen LogP contribution in [-0.2, 0) is 6.54 Å². The van der Waals surface area contributed by atoms with Gasteiger partial charge in [-0.25, -0.2) is 0 Å². The van der Waals surface area contributed by atoms with Crippen LogP contribution in [0.15, 0.2) is 24.3 Å². The Balaban J connectivity index is 2.64. The molecule has 0 saturated heterocycles. The van der Waals surface area contributed by atoms with Crippen molar-refractivity contribution in [2.24, 2.45) is 5.73 Å². The summed E-state index contributed by atoms with van der Waals surface area (Å²) in [6.45, 7) is 2.66. The quantitative estimate of drug-likeness (QED) is 0.754. The minimum atomic E-state index is -0.332. The normalized spacial score (nSPS) is 12.8. The number of aliphatic hydroxyl groups excluding tert-OH is 1. The molecule has 14 heavy (non-hydrogen) atoms. The SMILES string of the molecule is CCCCC(O)c1cccc(CN)c1. The third-order valence-electron chi connectivity index (χ3n) is 2.40. The fourth-order valence-corrected chi connectivity index (χ4v) is 1.49. The Hall–Kier alpha value is -0.860. The summed E-state index contributed by atoms with van der Waals surface area (Å²) in [6, 6.07) is 7.88. The average molecular weight is 193 g/mol. The zero-order chi connectivity index (χ0) is 10.4. The van der Waals surface area contributed by atoms with Gasteiger partial charge in [0, 0.05) is 6.54 Å². The van der Waals surface area contributed by atoms with Gasteiger partial charge < -0.3 is 10.8 Å². The molecule has 1 aromatic carbocycles. The Kier molecular flexibility index (Phi) is 4.63. The van der Waals surface area contributed by atoms with E-state index in [1.54, 1.807) is 0 Å². The summed E-state index contributed by atoms with van der Waals surface area (Å²) in [5.41, 5.74) is 7.61. The van der Waals surface area contributed by atoms with Gasteiger partial charge in [0.25, 0.3) is 0 Å². The average Bonchev–Trinajstić information content (AvgIpc) is 2.26. The van der Waals surface area contributed by atoms with Crippen LogP contribution in [0.2, 0.25) is 0 Å². The fraction of sp³-hybridized carbons (Fsp3) is 0.500. The van der Waals surface area contributed by atoms with Gasteiger partial charge in [0.2, 0.25) is 0 Å². The van der Waals surface area contributed by atoms with E-state index in [1.807, 2.05) is 24.3 Å². The minimum Gasteiger partial charge on any atom is -0.388 e. The molecule has 0 aliphatic rings. The molecule has 0 amide bonds. The Morgan fingerprint density at radius 1 is 1.43 bits per heavy atom. The van der Waals surface area contributed by atoms with E-state index in [9.17, 15) is 5.11 Å². The van der Waals surface area contributed by atoms with E-state index in [0.29, 0.717) is 6.54 Å². The van der Waals surface area contributed by atoms with Crippen LogP contribution in [0.3, 0.4) is 0 Å². The van der Waals surface area contributed by atoms with Crippen molar-refractivity contribution >= 4 is 0 Å². The zero-order valence-electron chi connectivity index (χ0n) is 8.74. The van der Waals surface area contributed by atoms with Crippen LogP contribution in [0.25, 0.3) is 0 Å². The lowest BCUT2D eigenvalue weighted by atomic mass is 10.0. The summed E-state index contributed by atoms with van der Waals surface area (Å²) in [5.74, 6) is 0. The first kappa shape index (κ1) is 11.2. The molecule has 0 aliphatic carbocycles. The number of hydrogen-bond donors (Lipinski definition) is 2. The van der Waals surface area contributed by atoms with Crippen LogP contribution in [0.4, 0.5) is 0 Å². The zero-order valence-corrected chi connectivity index (χ0v) is 8.74. The molecule has 0 spiro atoms. The van der Waals surface area contributed by atoms with Crippen molar-refractivity contribution in [1.29, 1.82) is 0 Å². The highest BCUT2D eigenvalue weighted by molar-refractivity contribution is 5.24. The van der Waals surface area contributed by atoms with Crippen molar-refractivity contribution in [1.82, 2.24) is 0 Å².